The first-order valence-corrected chi connectivity index (χ1v) is 7.34. The molecule has 0 aliphatic heterocycles. The minimum absolute atomic E-state index is 0.0428. The summed E-state index contributed by atoms with van der Waals surface area (Å²) in [4.78, 5) is 24.2. The van der Waals surface area contributed by atoms with Crippen molar-refractivity contribution in [3.63, 3.8) is 0 Å². The summed E-state index contributed by atoms with van der Waals surface area (Å²) in [6.07, 6.45) is 1.86. The molecule has 0 bridgehead atoms. The number of carbonyl (C=O) groups excluding carboxylic acids is 1. The monoisotopic (exact) mass is 291 g/mol. The summed E-state index contributed by atoms with van der Waals surface area (Å²) < 4.78 is 0. The highest BCUT2D eigenvalue weighted by Crippen LogP contribution is 2.28. The molecule has 1 N–H and O–H groups in total. The molecule has 0 heterocycles. The molecule has 116 valence electrons. The maximum Gasteiger partial charge on any atom is 0.303 e. The molecule has 4 nitrogen and oxygen atoms in total. The van der Waals surface area contributed by atoms with E-state index >= 15 is 0 Å². The molecule has 0 saturated carbocycles. The van der Waals surface area contributed by atoms with Crippen LogP contribution in [-0.2, 0) is 15.0 Å². The summed E-state index contributed by atoms with van der Waals surface area (Å²) in [5.41, 5.74) is 1.19. The number of benzene rings is 1. The molecular weight excluding hydrogens is 266 g/mol. The third-order valence-corrected chi connectivity index (χ3v) is 3.83. The first-order valence-electron chi connectivity index (χ1n) is 7.34. The first-order chi connectivity index (χ1) is 9.83. The fraction of sp³-hybridized carbons (Fsp3) is 0.529. The molecule has 1 rings (SSSR count). The van der Waals surface area contributed by atoms with Crippen LogP contribution in [0.3, 0.4) is 0 Å². The van der Waals surface area contributed by atoms with Gasteiger partial charge in [0.25, 0.3) is 0 Å². The van der Waals surface area contributed by atoms with Gasteiger partial charge in [0.15, 0.2) is 0 Å². The van der Waals surface area contributed by atoms with Gasteiger partial charge in [0.2, 0.25) is 5.91 Å². The van der Waals surface area contributed by atoms with E-state index in [4.69, 9.17) is 5.11 Å². The van der Waals surface area contributed by atoms with Crippen molar-refractivity contribution in [3.05, 3.63) is 35.9 Å². The van der Waals surface area contributed by atoms with Crippen molar-refractivity contribution in [3.8, 4) is 0 Å². The van der Waals surface area contributed by atoms with Crippen molar-refractivity contribution >= 4 is 11.9 Å². The van der Waals surface area contributed by atoms with Crippen molar-refractivity contribution in [2.75, 3.05) is 13.6 Å². The maximum atomic E-state index is 12.1. The van der Waals surface area contributed by atoms with E-state index in [0.29, 0.717) is 19.4 Å². The Morgan fingerprint density at radius 2 is 1.76 bits per heavy atom. The number of carboxylic acid groups (broad SMARTS) is 1. The SMILES string of the molecule is CN(CCCC(=O)O)C(=O)CCC(C)(C)c1ccccc1. The van der Waals surface area contributed by atoms with E-state index in [9.17, 15) is 9.59 Å². The van der Waals surface area contributed by atoms with Crippen molar-refractivity contribution in [2.24, 2.45) is 0 Å². The highest BCUT2D eigenvalue weighted by molar-refractivity contribution is 5.76. The van der Waals surface area contributed by atoms with Crippen molar-refractivity contribution in [1.82, 2.24) is 4.90 Å². The largest absolute Gasteiger partial charge is 0.481 e. The van der Waals surface area contributed by atoms with Crippen LogP contribution in [0.2, 0.25) is 0 Å². The van der Waals surface area contributed by atoms with Gasteiger partial charge in [0.1, 0.15) is 0 Å². The van der Waals surface area contributed by atoms with Crippen LogP contribution in [0, 0.1) is 0 Å². The second-order valence-electron chi connectivity index (χ2n) is 6.06. The van der Waals surface area contributed by atoms with Gasteiger partial charge in [-0.2, -0.15) is 0 Å². The second kappa shape index (κ2) is 7.81. The number of hydrogen-bond donors (Lipinski definition) is 1. The Bertz CT molecular complexity index is 468. The minimum Gasteiger partial charge on any atom is -0.481 e. The molecule has 1 aromatic rings. The number of carbonyl (C=O) groups is 2. The molecule has 0 fully saturated rings. The van der Waals surface area contributed by atoms with Crippen LogP contribution >= 0.6 is 0 Å². The quantitative estimate of drug-likeness (QED) is 0.801. The van der Waals surface area contributed by atoms with Crippen LogP contribution in [0.1, 0.15) is 45.1 Å². The summed E-state index contributed by atoms with van der Waals surface area (Å²) in [6, 6.07) is 10.2. The number of hydrogen-bond acceptors (Lipinski definition) is 2. The van der Waals surface area contributed by atoms with Crippen LogP contribution < -0.4 is 0 Å². The Balaban J connectivity index is 2.43. The highest BCUT2D eigenvalue weighted by Gasteiger charge is 2.22. The van der Waals surface area contributed by atoms with E-state index in [1.54, 1.807) is 11.9 Å². The van der Waals surface area contributed by atoms with Gasteiger partial charge in [-0.15, -0.1) is 0 Å². The molecule has 0 saturated heterocycles. The van der Waals surface area contributed by atoms with Gasteiger partial charge >= 0.3 is 5.97 Å². The van der Waals surface area contributed by atoms with Gasteiger partial charge in [-0.05, 0) is 23.8 Å². The standard InChI is InChI=1S/C17H25NO3/c1-17(2,14-8-5-4-6-9-14)12-11-15(19)18(3)13-7-10-16(20)21/h4-6,8-9H,7,10-13H2,1-3H3,(H,20,21). The van der Waals surface area contributed by atoms with E-state index < -0.39 is 5.97 Å². The molecule has 0 radical (unpaired) electrons. The third kappa shape index (κ3) is 5.98. The fourth-order valence-corrected chi connectivity index (χ4v) is 2.24. The number of aliphatic carboxylic acids is 1. The molecule has 0 atom stereocenters. The topological polar surface area (TPSA) is 57.6 Å². The zero-order valence-corrected chi connectivity index (χ0v) is 13.1. The molecule has 0 aromatic heterocycles. The predicted octanol–water partition coefficient (Wildman–Crippen LogP) is 3.07. The zero-order valence-electron chi connectivity index (χ0n) is 13.1. The molecule has 1 aromatic carbocycles. The van der Waals surface area contributed by atoms with Gasteiger partial charge in [-0.3, -0.25) is 9.59 Å². The number of rotatable bonds is 8. The average Bonchev–Trinajstić information content (AvgIpc) is 2.45. The number of amides is 1. The maximum absolute atomic E-state index is 12.1. The van der Waals surface area contributed by atoms with Crippen LogP contribution in [-0.4, -0.2) is 35.5 Å². The summed E-state index contributed by atoms with van der Waals surface area (Å²) in [6.45, 7) is 4.77. The summed E-state index contributed by atoms with van der Waals surface area (Å²) >= 11 is 0. The van der Waals surface area contributed by atoms with Gasteiger partial charge < -0.3 is 10.0 Å². The van der Waals surface area contributed by atoms with Crippen LogP contribution in [0.5, 0.6) is 0 Å². The highest BCUT2D eigenvalue weighted by atomic mass is 16.4. The van der Waals surface area contributed by atoms with Gasteiger partial charge in [-0.1, -0.05) is 44.2 Å². The normalized spacial score (nSPS) is 11.2. The summed E-state index contributed by atoms with van der Waals surface area (Å²) in [5.74, 6) is -0.745. The lowest BCUT2D eigenvalue weighted by Gasteiger charge is -2.26. The Labute approximate surface area is 126 Å². The Morgan fingerprint density at radius 3 is 2.33 bits per heavy atom. The fourth-order valence-electron chi connectivity index (χ4n) is 2.24. The predicted molar refractivity (Wildman–Crippen MR) is 83.2 cm³/mol. The van der Waals surface area contributed by atoms with Crippen molar-refractivity contribution < 1.29 is 14.7 Å². The van der Waals surface area contributed by atoms with Crippen molar-refractivity contribution in [1.29, 1.82) is 0 Å². The lowest BCUT2D eigenvalue weighted by Crippen LogP contribution is -2.30. The Hall–Kier alpha value is -1.84. The zero-order chi connectivity index (χ0) is 15.9. The lowest BCUT2D eigenvalue weighted by molar-refractivity contribution is -0.138. The number of carboxylic acids is 1. The lowest BCUT2D eigenvalue weighted by atomic mass is 9.80. The summed E-state index contributed by atoms with van der Waals surface area (Å²) in [7, 11) is 1.74. The van der Waals surface area contributed by atoms with E-state index in [0.717, 1.165) is 6.42 Å². The Kier molecular flexibility index (Phi) is 6.40. The number of nitrogens with zero attached hydrogens (tertiary/aromatic N) is 1. The second-order valence-corrected chi connectivity index (χ2v) is 6.06. The van der Waals surface area contributed by atoms with E-state index in [1.165, 1.54) is 5.56 Å². The van der Waals surface area contributed by atoms with E-state index in [-0.39, 0.29) is 17.7 Å². The Morgan fingerprint density at radius 1 is 1.14 bits per heavy atom. The van der Waals surface area contributed by atoms with E-state index in [2.05, 4.69) is 26.0 Å². The third-order valence-electron chi connectivity index (χ3n) is 3.83. The van der Waals surface area contributed by atoms with Crippen LogP contribution in [0.25, 0.3) is 0 Å². The molecule has 0 unspecified atom stereocenters. The molecule has 0 spiro atoms. The van der Waals surface area contributed by atoms with E-state index in [1.807, 2.05) is 18.2 Å². The molecule has 0 aliphatic rings. The molecule has 21 heavy (non-hydrogen) atoms. The first kappa shape index (κ1) is 17.2. The molecular formula is C17H25NO3. The molecule has 0 aliphatic carbocycles. The van der Waals surface area contributed by atoms with Crippen LogP contribution in [0.4, 0.5) is 0 Å². The van der Waals surface area contributed by atoms with Crippen molar-refractivity contribution in [2.45, 2.75) is 44.9 Å². The summed E-state index contributed by atoms with van der Waals surface area (Å²) in [5, 5.41) is 8.60. The van der Waals surface area contributed by atoms with Gasteiger partial charge in [-0.25, -0.2) is 0 Å². The smallest absolute Gasteiger partial charge is 0.303 e. The average molecular weight is 291 g/mol. The van der Waals surface area contributed by atoms with Crippen LogP contribution in [0.15, 0.2) is 30.3 Å². The van der Waals surface area contributed by atoms with Gasteiger partial charge in [0.05, 0.1) is 0 Å². The minimum atomic E-state index is -0.818. The molecule has 4 heteroatoms. The van der Waals surface area contributed by atoms with Gasteiger partial charge in [0, 0.05) is 26.4 Å². The molecule has 1 amide bonds.